The largest absolute Gasteiger partial charge is 0.447 e. The minimum Gasteiger partial charge on any atom is -0.447 e. The molecule has 1 N–H and O–H groups in total. The molecule has 2 rings (SSSR count). The second-order valence-electron chi connectivity index (χ2n) is 2.82. The molecule has 1 saturated heterocycles. The lowest BCUT2D eigenvalue weighted by Crippen LogP contribution is -2.19. The van der Waals surface area contributed by atoms with Crippen LogP contribution in [0.4, 0.5) is 9.18 Å². The lowest BCUT2D eigenvalue weighted by molar-refractivity contribution is 0.176. The maximum Gasteiger partial charge on any atom is 0.407 e. The van der Waals surface area contributed by atoms with Gasteiger partial charge in [0.2, 0.25) is 0 Å². The van der Waals surface area contributed by atoms with Crippen molar-refractivity contribution < 1.29 is 13.9 Å². The summed E-state index contributed by atoms with van der Waals surface area (Å²) in [4.78, 5) is 14.5. The molecule has 2 heterocycles. The van der Waals surface area contributed by atoms with Crippen LogP contribution in [0.2, 0.25) is 0 Å². The molecule has 74 valence electrons. The van der Waals surface area contributed by atoms with Gasteiger partial charge in [0.05, 0.1) is 12.2 Å². The van der Waals surface area contributed by atoms with Crippen molar-refractivity contribution in [1.82, 2.24) is 10.3 Å². The van der Waals surface area contributed by atoms with Gasteiger partial charge in [-0.1, -0.05) is 0 Å². The Morgan fingerprint density at radius 2 is 2.50 bits per heavy atom. The molecule has 1 atom stereocenters. The number of halogens is 2. The number of rotatable bonds is 1. The van der Waals surface area contributed by atoms with E-state index in [1.807, 2.05) is 0 Å². The Balaban J connectivity index is 2.31. The first-order valence-electron chi connectivity index (χ1n) is 3.91. The third-order valence-corrected chi connectivity index (χ3v) is 2.33. The van der Waals surface area contributed by atoms with Crippen LogP contribution in [0.3, 0.4) is 0 Å². The van der Waals surface area contributed by atoms with E-state index in [1.165, 1.54) is 6.07 Å². The number of ether oxygens (including phenoxy) is 1. The molecular formula is C8H6BrFN2O2. The first kappa shape index (κ1) is 9.39. The molecule has 0 aliphatic carbocycles. The minimum absolute atomic E-state index is 0.145. The fourth-order valence-electron chi connectivity index (χ4n) is 1.25. The fraction of sp³-hybridized carbons (Fsp3) is 0.250. The highest BCUT2D eigenvalue weighted by molar-refractivity contribution is 9.10. The van der Waals surface area contributed by atoms with Gasteiger partial charge in [0.15, 0.2) is 0 Å². The summed E-state index contributed by atoms with van der Waals surface area (Å²) in [6.45, 7) is 0.145. The second-order valence-corrected chi connectivity index (χ2v) is 3.64. The van der Waals surface area contributed by atoms with E-state index in [0.29, 0.717) is 10.2 Å². The Hall–Kier alpha value is -1.17. The maximum absolute atomic E-state index is 13.3. The number of carbonyl (C=O) groups excluding carboxylic acids is 1. The molecule has 0 bridgehead atoms. The molecule has 1 amide bonds. The lowest BCUT2D eigenvalue weighted by atomic mass is 10.1. The van der Waals surface area contributed by atoms with E-state index in [-0.39, 0.29) is 6.61 Å². The van der Waals surface area contributed by atoms with E-state index in [1.54, 1.807) is 0 Å². The SMILES string of the molecule is O=C1NC(c2cc(Br)ncc2F)CO1. The van der Waals surface area contributed by atoms with Gasteiger partial charge in [-0.15, -0.1) is 0 Å². The Bertz CT molecular complexity index is 386. The molecule has 6 heteroatoms. The summed E-state index contributed by atoms with van der Waals surface area (Å²) in [6, 6.07) is 1.09. The monoisotopic (exact) mass is 260 g/mol. The number of pyridine rings is 1. The van der Waals surface area contributed by atoms with Crippen LogP contribution in [-0.4, -0.2) is 17.7 Å². The summed E-state index contributed by atoms with van der Waals surface area (Å²) in [5, 5.41) is 2.49. The predicted molar refractivity (Wildman–Crippen MR) is 49.1 cm³/mol. The van der Waals surface area contributed by atoms with Crippen LogP contribution in [-0.2, 0) is 4.74 Å². The van der Waals surface area contributed by atoms with Crippen molar-refractivity contribution in [1.29, 1.82) is 0 Å². The van der Waals surface area contributed by atoms with Gasteiger partial charge in [-0.3, -0.25) is 0 Å². The number of alkyl carbamates (subject to hydrolysis) is 1. The predicted octanol–water partition coefficient (Wildman–Crippen LogP) is 1.76. The van der Waals surface area contributed by atoms with E-state index in [0.717, 1.165) is 6.20 Å². The maximum atomic E-state index is 13.3. The van der Waals surface area contributed by atoms with Crippen LogP contribution in [0, 0.1) is 5.82 Å². The summed E-state index contributed by atoms with van der Waals surface area (Å²) in [5.41, 5.74) is 0.373. The van der Waals surface area contributed by atoms with E-state index < -0.39 is 18.0 Å². The van der Waals surface area contributed by atoms with E-state index >= 15 is 0 Å². The number of cyclic esters (lactones) is 1. The van der Waals surface area contributed by atoms with Crippen LogP contribution in [0.5, 0.6) is 0 Å². The van der Waals surface area contributed by atoms with Crippen molar-refractivity contribution in [2.24, 2.45) is 0 Å². The van der Waals surface area contributed by atoms with Gasteiger partial charge in [0, 0.05) is 5.56 Å². The molecule has 1 aromatic heterocycles. The van der Waals surface area contributed by atoms with Gasteiger partial charge < -0.3 is 10.1 Å². The van der Waals surface area contributed by atoms with Crippen LogP contribution in [0.15, 0.2) is 16.9 Å². The first-order valence-corrected chi connectivity index (χ1v) is 4.70. The highest BCUT2D eigenvalue weighted by Crippen LogP contribution is 2.22. The number of carbonyl (C=O) groups is 1. The number of nitrogens with zero attached hydrogens (tertiary/aromatic N) is 1. The lowest BCUT2D eigenvalue weighted by Gasteiger charge is -2.08. The molecule has 1 fully saturated rings. The number of nitrogens with one attached hydrogen (secondary N) is 1. The van der Waals surface area contributed by atoms with Crippen molar-refractivity contribution in [3.05, 3.63) is 28.2 Å². The average Bonchev–Trinajstić information content (AvgIpc) is 2.56. The van der Waals surface area contributed by atoms with Gasteiger partial charge >= 0.3 is 6.09 Å². The fourth-order valence-corrected chi connectivity index (χ4v) is 1.60. The van der Waals surface area contributed by atoms with Crippen molar-refractivity contribution in [3.8, 4) is 0 Å². The molecular weight excluding hydrogens is 255 g/mol. The molecule has 4 nitrogen and oxygen atoms in total. The van der Waals surface area contributed by atoms with E-state index in [2.05, 4.69) is 31.0 Å². The zero-order valence-electron chi connectivity index (χ0n) is 6.96. The Labute approximate surface area is 87.6 Å². The third kappa shape index (κ3) is 1.70. The van der Waals surface area contributed by atoms with E-state index in [9.17, 15) is 9.18 Å². The number of amides is 1. The van der Waals surface area contributed by atoms with Crippen molar-refractivity contribution in [3.63, 3.8) is 0 Å². The molecule has 1 aliphatic rings. The summed E-state index contributed by atoms with van der Waals surface area (Å²) in [5.74, 6) is -0.455. The summed E-state index contributed by atoms with van der Waals surface area (Å²) in [6.07, 6.45) is 0.575. The minimum atomic E-state index is -0.526. The van der Waals surface area contributed by atoms with Gasteiger partial charge in [-0.25, -0.2) is 14.2 Å². The zero-order valence-corrected chi connectivity index (χ0v) is 8.54. The Morgan fingerprint density at radius 1 is 1.71 bits per heavy atom. The standard InChI is InChI=1S/C8H6BrFN2O2/c9-7-1-4(5(10)2-11-7)6-3-14-8(13)12-6/h1-2,6H,3H2,(H,12,13). The van der Waals surface area contributed by atoms with Gasteiger partial charge in [0.25, 0.3) is 0 Å². The van der Waals surface area contributed by atoms with Crippen molar-refractivity contribution >= 4 is 22.0 Å². The molecule has 1 unspecified atom stereocenters. The molecule has 0 aromatic carbocycles. The molecule has 0 radical (unpaired) electrons. The quantitative estimate of drug-likeness (QED) is 0.784. The van der Waals surface area contributed by atoms with Gasteiger partial charge in [-0.05, 0) is 22.0 Å². The van der Waals surface area contributed by atoms with Gasteiger partial charge in [-0.2, -0.15) is 0 Å². The van der Waals surface area contributed by atoms with Crippen LogP contribution < -0.4 is 5.32 Å². The Morgan fingerprint density at radius 3 is 3.14 bits per heavy atom. The van der Waals surface area contributed by atoms with Crippen LogP contribution >= 0.6 is 15.9 Å². The van der Waals surface area contributed by atoms with E-state index in [4.69, 9.17) is 0 Å². The number of aromatic nitrogens is 1. The van der Waals surface area contributed by atoms with Crippen molar-refractivity contribution in [2.45, 2.75) is 6.04 Å². The Kier molecular flexibility index (Phi) is 2.37. The summed E-state index contributed by atoms with van der Waals surface area (Å²) < 4.78 is 18.4. The second kappa shape index (κ2) is 3.53. The highest BCUT2D eigenvalue weighted by Gasteiger charge is 2.26. The number of hydrogen-bond acceptors (Lipinski definition) is 3. The molecule has 1 aromatic rings. The highest BCUT2D eigenvalue weighted by atomic mass is 79.9. The summed E-state index contributed by atoms with van der Waals surface area (Å²) in [7, 11) is 0. The molecule has 0 saturated carbocycles. The number of hydrogen-bond donors (Lipinski definition) is 1. The van der Waals surface area contributed by atoms with Crippen molar-refractivity contribution in [2.75, 3.05) is 6.61 Å². The topological polar surface area (TPSA) is 51.2 Å². The average molecular weight is 261 g/mol. The smallest absolute Gasteiger partial charge is 0.407 e. The van der Waals surface area contributed by atoms with Gasteiger partial charge in [0.1, 0.15) is 17.0 Å². The third-order valence-electron chi connectivity index (χ3n) is 1.90. The summed E-state index contributed by atoms with van der Waals surface area (Å²) >= 11 is 3.13. The molecule has 1 aliphatic heterocycles. The van der Waals surface area contributed by atoms with Crippen LogP contribution in [0.25, 0.3) is 0 Å². The zero-order chi connectivity index (χ0) is 10.1. The molecule has 14 heavy (non-hydrogen) atoms. The molecule has 0 spiro atoms. The normalized spacial score (nSPS) is 20.4. The van der Waals surface area contributed by atoms with Crippen LogP contribution in [0.1, 0.15) is 11.6 Å². The first-order chi connectivity index (χ1) is 6.66.